The molecular formula is C22H20F2N4O3. The predicted molar refractivity (Wildman–Crippen MR) is 110 cm³/mol. The molecule has 0 fully saturated rings. The van der Waals surface area contributed by atoms with Crippen molar-refractivity contribution < 1.29 is 17.9 Å². The number of hydrogen-bond acceptors (Lipinski definition) is 5. The Labute approximate surface area is 175 Å². The molecule has 7 nitrogen and oxygen atoms in total. The fourth-order valence-corrected chi connectivity index (χ4v) is 4.26. The van der Waals surface area contributed by atoms with Crippen LogP contribution in [0.2, 0.25) is 0 Å². The van der Waals surface area contributed by atoms with Gasteiger partial charge in [-0.2, -0.15) is 13.9 Å². The number of hydrogen-bond donors (Lipinski definition) is 1. The van der Waals surface area contributed by atoms with E-state index in [0.29, 0.717) is 34.6 Å². The summed E-state index contributed by atoms with van der Waals surface area (Å²) >= 11 is 0. The Bertz CT molecular complexity index is 1330. The van der Waals surface area contributed by atoms with E-state index < -0.39 is 6.61 Å². The van der Waals surface area contributed by atoms with E-state index >= 15 is 0 Å². The number of alkyl halides is 2. The van der Waals surface area contributed by atoms with E-state index in [9.17, 15) is 13.6 Å². The number of para-hydroxylation sites is 1. The Morgan fingerprint density at radius 1 is 1.32 bits per heavy atom. The van der Waals surface area contributed by atoms with Crippen molar-refractivity contribution in [2.45, 2.75) is 39.8 Å². The smallest absolute Gasteiger partial charge is 0.387 e. The molecule has 1 atom stereocenters. The zero-order chi connectivity index (χ0) is 21.9. The molecule has 3 aromatic heterocycles. The number of H-pyrrole nitrogens is 1. The first-order valence-corrected chi connectivity index (χ1v) is 9.85. The van der Waals surface area contributed by atoms with E-state index in [0.717, 1.165) is 5.56 Å². The minimum absolute atomic E-state index is 0.0160. The number of pyridine rings is 1. The number of fused-ring (bicyclic) bond motifs is 5. The molecule has 0 amide bonds. The average Bonchev–Trinajstić information content (AvgIpc) is 3.34. The number of benzene rings is 1. The maximum Gasteiger partial charge on any atom is 0.387 e. The molecule has 9 heteroatoms. The SMILES string of the molecule is CC(C)(C)C1Cc2c(oc3c(OC(F)F)cccc23)-c2cc(=O)c(-c3ncn[nH]3)cn21. The fourth-order valence-electron chi connectivity index (χ4n) is 4.26. The molecule has 4 heterocycles. The molecule has 0 saturated carbocycles. The maximum absolute atomic E-state index is 12.9. The summed E-state index contributed by atoms with van der Waals surface area (Å²) in [5.74, 6) is 0.847. The summed E-state index contributed by atoms with van der Waals surface area (Å²) in [4.78, 5) is 17.0. The summed E-state index contributed by atoms with van der Waals surface area (Å²) in [5.41, 5.74) is 1.71. The van der Waals surface area contributed by atoms with Gasteiger partial charge in [0.15, 0.2) is 28.3 Å². The van der Waals surface area contributed by atoms with Gasteiger partial charge in [0, 0.05) is 29.3 Å². The molecular weight excluding hydrogens is 406 g/mol. The normalized spacial score (nSPS) is 15.9. The molecule has 1 aromatic carbocycles. The van der Waals surface area contributed by atoms with E-state index in [-0.39, 0.29) is 28.2 Å². The van der Waals surface area contributed by atoms with Crippen molar-refractivity contribution in [3.05, 3.63) is 52.6 Å². The topological polar surface area (TPSA) is 85.9 Å². The average molecular weight is 426 g/mol. The van der Waals surface area contributed by atoms with Crippen LogP contribution in [0.4, 0.5) is 8.78 Å². The van der Waals surface area contributed by atoms with Crippen LogP contribution in [-0.2, 0) is 6.42 Å². The Kier molecular flexibility index (Phi) is 4.25. The van der Waals surface area contributed by atoms with E-state index in [2.05, 4.69) is 40.7 Å². The van der Waals surface area contributed by atoms with E-state index in [1.807, 2.05) is 10.6 Å². The summed E-state index contributed by atoms with van der Waals surface area (Å²) in [6.45, 7) is 3.39. The number of ether oxygens (including phenoxy) is 1. The lowest BCUT2D eigenvalue weighted by atomic mass is 9.80. The van der Waals surface area contributed by atoms with Gasteiger partial charge in [0.25, 0.3) is 0 Å². The second-order valence-corrected chi connectivity index (χ2v) is 8.68. The molecule has 1 aliphatic rings. The van der Waals surface area contributed by atoms with Gasteiger partial charge in [0.2, 0.25) is 0 Å². The van der Waals surface area contributed by atoms with Gasteiger partial charge in [-0.1, -0.05) is 32.9 Å². The molecule has 1 N–H and O–H groups in total. The van der Waals surface area contributed by atoms with Crippen molar-refractivity contribution in [2.75, 3.05) is 0 Å². The van der Waals surface area contributed by atoms with Gasteiger partial charge in [-0.15, -0.1) is 0 Å². The number of nitrogens with zero attached hydrogens (tertiary/aromatic N) is 3. The minimum atomic E-state index is -2.96. The Morgan fingerprint density at radius 2 is 2.13 bits per heavy atom. The molecule has 160 valence electrons. The van der Waals surface area contributed by atoms with Crippen LogP contribution in [0.3, 0.4) is 0 Å². The summed E-state index contributed by atoms with van der Waals surface area (Å²) in [6, 6.07) is 6.43. The highest BCUT2D eigenvalue weighted by atomic mass is 19.3. The Hall–Kier alpha value is -3.49. The zero-order valence-corrected chi connectivity index (χ0v) is 17.1. The van der Waals surface area contributed by atoms with Crippen molar-refractivity contribution in [3.8, 4) is 28.6 Å². The number of aromatic nitrogens is 4. The monoisotopic (exact) mass is 426 g/mol. The van der Waals surface area contributed by atoms with Gasteiger partial charge in [-0.25, -0.2) is 4.98 Å². The first-order chi connectivity index (χ1) is 14.7. The lowest BCUT2D eigenvalue weighted by Gasteiger charge is -2.37. The van der Waals surface area contributed by atoms with Crippen LogP contribution in [0.15, 0.2) is 46.0 Å². The number of furan rings is 1. The highest BCUT2D eigenvalue weighted by Crippen LogP contribution is 2.47. The molecule has 4 aromatic rings. The zero-order valence-electron chi connectivity index (χ0n) is 17.1. The molecule has 0 radical (unpaired) electrons. The standard InChI is InChI=1S/C22H20F2N4O3/c1-22(2,3)17-7-12-11-5-4-6-16(30-21(23)24)19(11)31-18(12)14-8-15(29)13(9-28(14)17)20-25-10-26-27-20/h4-6,8-10,17,21H,7H2,1-3H3,(H,25,26,27). The molecule has 1 unspecified atom stereocenters. The largest absolute Gasteiger partial charge is 0.450 e. The van der Waals surface area contributed by atoms with Crippen LogP contribution in [0.25, 0.3) is 33.8 Å². The lowest BCUT2D eigenvalue weighted by Crippen LogP contribution is -2.31. The second-order valence-electron chi connectivity index (χ2n) is 8.68. The Balaban J connectivity index is 1.79. The molecule has 1 aliphatic heterocycles. The van der Waals surface area contributed by atoms with Gasteiger partial charge >= 0.3 is 6.61 Å². The van der Waals surface area contributed by atoms with Crippen LogP contribution in [0, 0.1) is 5.41 Å². The van der Waals surface area contributed by atoms with Gasteiger partial charge in [0.1, 0.15) is 6.33 Å². The van der Waals surface area contributed by atoms with Gasteiger partial charge < -0.3 is 13.7 Å². The van der Waals surface area contributed by atoms with Crippen molar-refractivity contribution >= 4 is 11.0 Å². The van der Waals surface area contributed by atoms with Crippen LogP contribution >= 0.6 is 0 Å². The molecule has 0 spiro atoms. The van der Waals surface area contributed by atoms with Gasteiger partial charge in [0.05, 0.1) is 11.3 Å². The highest BCUT2D eigenvalue weighted by molar-refractivity contribution is 5.92. The third-order valence-electron chi connectivity index (χ3n) is 5.71. The quantitative estimate of drug-likeness (QED) is 0.509. The highest BCUT2D eigenvalue weighted by Gasteiger charge is 2.36. The van der Waals surface area contributed by atoms with Crippen molar-refractivity contribution in [1.82, 2.24) is 19.7 Å². The third-order valence-corrected chi connectivity index (χ3v) is 5.71. The van der Waals surface area contributed by atoms with E-state index in [1.54, 1.807) is 12.3 Å². The van der Waals surface area contributed by atoms with Crippen LogP contribution in [0.1, 0.15) is 32.4 Å². The van der Waals surface area contributed by atoms with Gasteiger partial charge in [-0.05, 0) is 17.9 Å². The molecule has 5 rings (SSSR count). The second kappa shape index (κ2) is 6.76. The summed E-state index contributed by atoms with van der Waals surface area (Å²) in [5, 5.41) is 7.28. The number of rotatable bonds is 3. The maximum atomic E-state index is 12.9. The van der Waals surface area contributed by atoms with E-state index in [4.69, 9.17) is 4.42 Å². The summed E-state index contributed by atoms with van der Waals surface area (Å²) in [7, 11) is 0. The summed E-state index contributed by atoms with van der Waals surface area (Å²) < 4.78 is 38.5. The van der Waals surface area contributed by atoms with Crippen molar-refractivity contribution in [2.24, 2.45) is 5.41 Å². The minimum Gasteiger partial charge on any atom is -0.450 e. The summed E-state index contributed by atoms with van der Waals surface area (Å²) in [6.07, 6.45) is 3.72. The number of nitrogens with one attached hydrogen (secondary N) is 1. The number of halogens is 2. The molecule has 0 saturated heterocycles. The predicted octanol–water partition coefficient (Wildman–Crippen LogP) is 4.79. The molecule has 0 aliphatic carbocycles. The van der Waals surface area contributed by atoms with Crippen molar-refractivity contribution in [1.29, 1.82) is 0 Å². The van der Waals surface area contributed by atoms with Crippen LogP contribution in [0.5, 0.6) is 5.75 Å². The van der Waals surface area contributed by atoms with E-state index in [1.165, 1.54) is 18.5 Å². The fraction of sp³-hybridized carbons (Fsp3) is 0.318. The first-order valence-electron chi connectivity index (χ1n) is 9.85. The van der Waals surface area contributed by atoms with Crippen LogP contribution < -0.4 is 10.2 Å². The van der Waals surface area contributed by atoms with Crippen LogP contribution in [-0.4, -0.2) is 26.4 Å². The lowest BCUT2D eigenvalue weighted by molar-refractivity contribution is -0.0493. The molecule has 0 bridgehead atoms. The van der Waals surface area contributed by atoms with Crippen molar-refractivity contribution in [3.63, 3.8) is 0 Å². The van der Waals surface area contributed by atoms with Gasteiger partial charge in [-0.3, -0.25) is 9.89 Å². The molecule has 31 heavy (non-hydrogen) atoms. The Morgan fingerprint density at radius 3 is 2.81 bits per heavy atom. The third kappa shape index (κ3) is 3.11. The number of aromatic amines is 1. The first kappa shape index (κ1) is 19.5.